The van der Waals surface area contributed by atoms with E-state index in [1.807, 2.05) is 38.1 Å². The van der Waals surface area contributed by atoms with Crippen molar-refractivity contribution in [2.24, 2.45) is 0 Å². The monoisotopic (exact) mass is 274 g/mol. The highest BCUT2D eigenvalue weighted by atomic mass is 16.3. The maximum absolute atomic E-state index is 10.3. The highest BCUT2D eigenvalue weighted by Gasteiger charge is 2.35. The molecule has 0 spiro atoms. The first-order valence-corrected chi connectivity index (χ1v) is 6.70. The smallest absolute Gasteiger partial charge is 0.224 e. The highest BCUT2D eigenvalue weighted by Crippen LogP contribution is 2.29. The Morgan fingerprint density at radius 1 is 1.05 bits per heavy atom. The number of para-hydroxylation sites is 1. The van der Waals surface area contributed by atoms with Gasteiger partial charge in [-0.3, -0.25) is 0 Å². The third-order valence-corrected chi connectivity index (χ3v) is 3.79. The lowest BCUT2D eigenvalue weighted by Crippen LogP contribution is -2.51. The largest absolute Gasteiger partial charge is 0.388 e. The molecular formula is C15H22N4O. The summed E-state index contributed by atoms with van der Waals surface area (Å²) in [7, 11) is 1.79. The van der Waals surface area contributed by atoms with Crippen LogP contribution in [0.3, 0.4) is 0 Å². The summed E-state index contributed by atoms with van der Waals surface area (Å²) in [5.41, 5.74) is -0.561. The molecule has 0 radical (unpaired) electrons. The van der Waals surface area contributed by atoms with E-state index < -0.39 is 11.1 Å². The Hall–Kier alpha value is -1.88. The number of hydrogen-bond acceptors (Lipinski definition) is 5. The minimum atomic E-state index is -0.890. The predicted molar refractivity (Wildman–Crippen MR) is 83.1 cm³/mol. The van der Waals surface area contributed by atoms with E-state index in [0.717, 1.165) is 10.9 Å². The van der Waals surface area contributed by atoms with Gasteiger partial charge in [-0.1, -0.05) is 12.1 Å². The molecule has 0 fully saturated rings. The number of fused-ring (bicyclic) bond motifs is 1. The zero-order chi connectivity index (χ0) is 15.0. The van der Waals surface area contributed by atoms with Gasteiger partial charge in [-0.25, -0.2) is 4.98 Å². The molecular weight excluding hydrogens is 252 g/mol. The standard InChI is InChI=1S/C15H22N4O/c1-14(2,15(3,4)20)19-12-10-8-6-7-9-11(10)17-13(16-5)18-12/h6-9,20H,1-5H3,(H2,16,17,18,19). The molecule has 0 unspecified atom stereocenters. The van der Waals surface area contributed by atoms with Gasteiger partial charge < -0.3 is 15.7 Å². The van der Waals surface area contributed by atoms with Gasteiger partial charge in [-0.2, -0.15) is 4.98 Å². The topological polar surface area (TPSA) is 70.1 Å². The van der Waals surface area contributed by atoms with Crippen LogP contribution in [0, 0.1) is 0 Å². The van der Waals surface area contributed by atoms with Crippen molar-refractivity contribution in [2.75, 3.05) is 17.7 Å². The normalized spacial score (nSPS) is 12.5. The molecule has 5 nitrogen and oxygen atoms in total. The van der Waals surface area contributed by atoms with Gasteiger partial charge in [-0.15, -0.1) is 0 Å². The summed E-state index contributed by atoms with van der Waals surface area (Å²) >= 11 is 0. The van der Waals surface area contributed by atoms with Crippen molar-refractivity contribution in [1.82, 2.24) is 9.97 Å². The maximum Gasteiger partial charge on any atom is 0.224 e. The van der Waals surface area contributed by atoms with Crippen molar-refractivity contribution >= 4 is 22.7 Å². The van der Waals surface area contributed by atoms with Crippen LogP contribution in [-0.4, -0.2) is 33.3 Å². The second kappa shape index (κ2) is 4.90. The van der Waals surface area contributed by atoms with Gasteiger partial charge in [0.25, 0.3) is 0 Å². The number of aliphatic hydroxyl groups is 1. The zero-order valence-corrected chi connectivity index (χ0v) is 12.7. The average molecular weight is 274 g/mol. The fraction of sp³-hybridized carbons (Fsp3) is 0.467. The number of benzene rings is 1. The SMILES string of the molecule is CNc1nc(NC(C)(C)C(C)(C)O)c2ccccc2n1. The van der Waals surface area contributed by atoms with E-state index in [1.165, 1.54) is 0 Å². The number of anilines is 2. The maximum atomic E-state index is 10.3. The van der Waals surface area contributed by atoms with Gasteiger partial charge in [-0.05, 0) is 39.8 Å². The first kappa shape index (κ1) is 14.5. The van der Waals surface area contributed by atoms with E-state index in [-0.39, 0.29) is 0 Å². The summed E-state index contributed by atoms with van der Waals surface area (Å²) in [6, 6.07) is 7.81. The minimum Gasteiger partial charge on any atom is -0.388 e. The van der Waals surface area contributed by atoms with Crippen LogP contribution in [0.15, 0.2) is 24.3 Å². The van der Waals surface area contributed by atoms with E-state index in [2.05, 4.69) is 20.6 Å². The molecule has 1 aromatic carbocycles. The van der Waals surface area contributed by atoms with Gasteiger partial charge in [0.05, 0.1) is 16.7 Å². The molecule has 0 aliphatic carbocycles. The molecule has 5 heteroatoms. The Morgan fingerprint density at radius 3 is 2.30 bits per heavy atom. The Kier molecular flexibility index (Phi) is 3.56. The quantitative estimate of drug-likeness (QED) is 0.799. The van der Waals surface area contributed by atoms with Crippen molar-refractivity contribution in [3.05, 3.63) is 24.3 Å². The fourth-order valence-corrected chi connectivity index (χ4v) is 1.73. The molecule has 0 aliphatic heterocycles. The predicted octanol–water partition coefficient (Wildman–Crippen LogP) is 2.63. The number of hydrogen-bond donors (Lipinski definition) is 3. The second-order valence-electron chi connectivity index (χ2n) is 5.97. The van der Waals surface area contributed by atoms with E-state index in [9.17, 15) is 5.11 Å². The Labute approximate surface area is 119 Å². The molecule has 0 saturated heterocycles. The number of rotatable bonds is 4. The molecule has 2 rings (SSSR count). The van der Waals surface area contributed by atoms with Crippen LogP contribution in [0.1, 0.15) is 27.7 Å². The molecule has 1 heterocycles. The molecule has 0 saturated carbocycles. The van der Waals surface area contributed by atoms with Gasteiger partial charge in [0.2, 0.25) is 5.95 Å². The molecule has 1 aromatic heterocycles. The van der Waals surface area contributed by atoms with E-state index in [1.54, 1.807) is 20.9 Å². The fourth-order valence-electron chi connectivity index (χ4n) is 1.73. The molecule has 20 heavy (non-hydrogen) atoms. The van der Waals surface area contributed by atoms with Gasteiger partial charge in [0.1, 0.15) is 5.82 Å². The highest BCUT2D eigenvalue weighted by molar-refractivity contribution is 5.90. The average Bonchev–Trinajstić information content (AvgIpc) is 2.36. The minimum absolute atomic E-state index is 0.533. The van der Waals surface area contributed by atoms with Crippen LogP contribution in [-0.2, 0) is 0 Å². The first-order valence-electron chi connectivity index (χ1n) is 6.70. The van der Waals surface area contributed by atoms with Crippen molar-refractivity contribution in [3.8, 4) is 0 Å². The van der Waals surface area contributed by atoms with Gasteiger partial charge in [0.15, 0.2) is 0 Å². The summed E-state index contributed by atoms with van der Waals surface area (Å²) in [4.78, 5) is 8.90. The van der Waals surface area contributed by atoms with Crippen LogP contribution in [0.5, 0.6) is 0 Å². The number of nitrogens with one attached hydrogen (secondary N) is 2. The summed E-state index contributed by atoms with van der Waals surface area (Å²) in [5.74, 6) is 1.27. The van der Waals surface area contributed by atoms with E-state index >= 15 is 0 Å². The molecule has 0 aliphatic rings. The van der Waals surface area contributed by atoms with Gasteiger partial charge >= 0.3 is 0 Å². The third-order valence-electron chi connectivity index (χ3n) is 3.79. The lowest BCUT2D eigenvalue weighted by atomic mass is 9.86. The third kappa shape index (κ3) is 2.67. The molecule has 0 atom stereocenters. The molecule has 108 valence electrons. The summed E-state index contributed by atoms with van der Waals surface area (Å²) < 4.78 is 0. The lowest BCUT2D eigenvalue weighted by Gasteiger charge is -2.38. The number of aromatic nitrogens is 2. The van der Waals surface area contributed by atoms with Crippen LogP contribution in [0.4, 0.5) is 11.8 Å². The summed E-state index contributed by atoms with van der Waals surface area (Å²) in [5, 5.41) is 17.5. The molecule has 0 bridgehead atoms. The van der Waals surface area contributed by atoms with Crippen LogP contribution in [0.25, 0.3) is 10.9 Å². The van der Waals surface area contributed by atoms with E-state index in [0.29, 0.717) is 11.8 Å². The zero-order valence-electron chi connectivity index (χ0n) is 12.7. The molecule has 0 amide bonds. The van der Waals surface area contributed by atoms with Crippen molar-refractivity contribution in [3.63, 3.8) is 0 Å². The van der Waals surface area contributed by atoms with Crippen LogP contribution >= 0.6 is 0 Å². The van der Waals surface area contributed by atoms with Crippen molar-refractivity contribution < 1.29 is 5.11 Å². The molecule has 2 aromatic rings. The second-order valence-corrected chi connectivity index (χ2v) is 5.97. The van der Waals surface area contributed by atoms with Crippen LogP contribution < -0.4 is 10.6 Å². The Bertz CT molecular complexity index is 617. The Morgan fingerprint density at radius 2 is 1.70 bits per heavy atom. The first-order chi connectivity index (χ1) is 9.24. The van der Waals surface area contributed by atoms with Crippen molar-refractivity contribution in [2.45, 2.75) is 38.8 Å². The summed E-state index contributed by atoms with van der Waals surface area (Å²) in [6.45, 7) is 7.45. The van der Waals surface area contributed by atoms with Crippen LogP contribution in [0.2, 0.25) is 0 Å². The van der Waals surface area contributed by atoms with E-state index in [4.69, 9.17) is 0 Å². The Balaban J connectivity index is 2.53. The van der Waals surface area contributed by atoms with Crippen molar-refractivity contribution in [1.29, 1.82) is 0 Å². The lowest BCUT2D eigenvalue weighted by molar-refractivity contribution is 0.0239. The summed E-state index contributed by atoms with van der Waals surface area (Å²) in [6.07, 6.45) is 0. The number of nitrogens with zero attached hydrogens (tertiary/aromatic N) is 2. The molecule has 3 N–H and O–H groups in total. The van der Waals surface area contributed by atoms with Gasteiger partial charge in [0, 0.05) is 12.4 Å².